The second kappa shape index (κ2) is 6.87. The molecule has 2 rings (SSSR count). The molecule has 0 fully saturated rings. The summed E-state index contributed by atoms with van der Waals surface area (Å²) in [5.41, 5.74) is 1.51. The van der Waals surface area contributed by atoms with Gasteiger partial charge in [0.05, 0.1) is 18.6 Å². The van der Waals surface area contributed by atoms with E-state index in [1.807, 2.05) is 0 Å². The molecule has 8 heteroatoms. The monoisotopic (exact) mass is 361 g/mol. The van der Waals surface area contributed by atoms with Crippen LogP contribution in [0.3, 0.4) is 0 Å². The molecule has 0 amide bonds. The molecule has 1 heterocycles. The minimum atomic E-state index is -3.58. The van der Waals surface area contributed by atoms with E-state index in [0.29, 0.717) is 15.8 Å². The average Bonchev–Trinajstić information content (AvgIpc) is 2.85. The van der Waals surface area contributed by atoms with E-state index in [2.05, 4.69) is 4.72 Å². The van der Waals surface area contributed by atoms with Crippen LogP contribution >= 0.6 is 22.9 Å². The van der Waals surface area contributed by atoms with Crippen molar-refractivity contribution >= 4 is 33.0 Å². The Balaban J connectivity index is 2.15. The number of halogens is 1. The van der Waals surface area contributed by atoms with Crippen LogP contribution in [0.15, 0.2) is 28.5 Å². The largest absolute Gasteiger partial charge is 0.493 e. The summed E-state index contributed by atoms with van der Waals surface area (Å²) < 4.78 is 38.0. The Hall–Kier alpha value is -1.28. The Kier molecular flexibility index (Phi) is 5.33. The first-order valence-electron chi connectivity index (χ1n) is 6.34. The zero-order valence-electron chi connectivity index (χ0n) is 12.3. The van der Waals surface area contributed by atoms with Gasteiger partial charge in [-0.1, -0.05) is 17.7 Å². The zero-order valence-corrected chi connectivity index (χ0v) is 14.7. The fourth-order valence-corrected chi connectivity index (χ4v) is 4.57. The molecule has 120 valence electrons. The molecule has 0 aliphatic heterocycles. The molecule has 0 saturated carbocycles. The standard InChI is InChI=1S/C14H16ClNO4S2/c1-9-6-13(21-14(9)15)22(17,18)16-8-10-4-5-11(19-2)12(7-10)20-3/h4-7,16H,8H2,1-3H3. The number of aryl methyl sites for hydroxylation is 1. The Bertz CT molecular complexity index is 752. The van der Waals surface area contributed by atoms with Crippen molar-refractivity contribution in [3.05, 3.63) is 39.7 Å². The summed E-state index contributed by atoms with van der Waals surface area (Å²) in [7, 11) is -0.509. The number of hydrogen-bond acceptors (Lipinski definition) is 5. The summed E-state index contributed by atoms with van der Waals surface area (Å²) in [5.74, 6) is 1.14. The van der Waals surface area contributed by atoms with Crippen LogP contribution in [0.4, 0.5) is 0 Å². The lowest BCUT2D eigenvalue weighted by molar-refractivity contribution is 0.354. The van der Waals surface area contributed by atoms with E-state index < -0.39 is 10.0 Å². The van der Waals surface area contributed by atoms with Gasteiger partial charge in [0.1, 0.15) is 4.21 Å². The molecule has 0 radical (unpaired) electrons. The van der Waals surface area contributed by atoms with Gasteiger partial charge in [0.15, 0.2) is 11.5 Å². The number of methoxy groups -OCH3 is 2. The molecule has 0 bridgehead atoms. The van der Waals surface area contributed by atoms with Crippen LogP contribution in [-0.4, -0.2) is 22.6 Å². The number of hydrogen-bond donors (Lipinski definition) is 1. The van der Waals surface area contributed by atoms with E-state index in [0.717, 1.165) is 22.5 Å². The maximum Gasteiger partial charge on any atom is 0.250 e. The molecule has 1 aromatic carbocycles. The van der Waals surface area contributed by atoms with Crippen molar-refractivity contribution in [1.29, 1.82) is 0 Å². The molecule has 0 aliphatic carbocycles. The van der Waals surface area contributed by atoms with Crippen LogP contribution in [0.1, 0.15) is 11.1 Å². The van der Waals surface area contributed by atoms with Crippen LogP contribution in [0.25, 0.3) is 0 Å². The fraction of sp³-hybridized carbons (Fsp3) is 0.286. The second-order valence-electron chi connectivity index (χ2n) is 4.54. The summed E-state index contributed by atoms with van der Waals surface area (Å²) in [5, 5.41) is 0. The van der Waals surface area contributed by atoms with Crippen molar-refractivity contribution < 1.29 is 17.9 Å². The predicted molar refractivity (Wildman–Crippen MR) is 87.6 cm³/mol. The first-order chi connectivity index (χ1) is 10.4. The van der Waals surface area contributed by atoms with Crippen molar-refractivity contribution in [3.63, 3.8) is 0 Å². The fourth-order valence-electron chi connectivity index (χ4n) is 1.80. The third kappa shape index (κ3) is 3.73. The van der Waals surface area contributed by atoms with E-state index in [1.54, 1.807) is 38.3 Å². The van der Waals surface area contributed by atoms with Gasteiger partial charge in [-0.2, -0.15) is 0 Å². The van der Waals surface area contributed by atoms with Gasteiger partial charge < -0.3 is 9.47 Å². The summed E-state index contributed by atoms with van der Waals surface area (Å²) in [6.45, 7) is 1.92. The van der Waals surface area contributed by atoms with E-state index >= 15 is 0 Å². The molecule has 0 unspecified atom stereocenters. The molecule has 0 saturated heterocycles. The summed E-state index contributed by atoms with van der Waals surface area (Å²) in [6.07, 6.45) is 0. The molecule has 0 spiro atoms. The number of benzene rings is 1. The minimum absolute atomic E-state index is 0.150. The third-order valence-corrected chi connectivity index (χ3v) is 6.44. The van der Waals surface area contributed by atoms with Crippen molar-refractivity contribution in [2.75, 3.05) is 14.2 Å². The summed E-state index contributed by atoms with van der Waals surface area (Å²) in [4.78, 5) is 0. The number of thiophene rings is 1. The molecule has 2 aromatic rings. The first-order valence-corrected chi connectivity index (χ1v) is 9.01. The molecule has 0 aliphatic rings. The van der Waals surface area contributed by atoms with E-state index in [-0.39, 0.29) is 10.8 Å². The number of rotatable bonds is 6. The molecular formula is C14H16ClNO4S2. The van der Waals surface area contributed by atoms with Crippen LogP contribution in [0.5, 0.6) is 11.5 Å². The Morgan fingerprint density at radius 2 is 1.86 bits per heavy atom. The van der Waals surface area contributed by atoms with Crippen LogP contribution in [0, 0.1) is 6.92 Å². The van der Waals surface area contributed by atoms with Crippen molar-refractivity contribution in [2.24, 2.45) is 0 Å². The Morgan fingerprint density at radius 3 is 2.41 bits per heavy atom. The van der Waals surface area contributed by atoms with E-state index in [9.17, 15) is 8.42 Å². The van der Waals surface area contributed by atoms with Crippen molar-refractivity contribution in [1.82, 2.24) is 4.72 Å². The van der Waals surface area contributed by atoms with Crippen LogP contribution < -0.4 is 14.2 Å². The van der Waals surface area contributed by atoms with Gasteiger partial charge in [-0.15, -0.1) is 11.3 Å². The normalized spacial score (nSPS) is 11.5. The van der Waals surface area contributed by atoms with Crippen LogP contribution in [-0.2, 0) is 16.6 Å². The highest BCUT2D eigenvalue weighted by Gasteiger charge is 2.18. The second-order valence-corrected chi connectivity index (χ2v) is 8.18. The van der Waals surface area contributed by atoms with Crippen molar-refractivity contribution in [3.8, 4) is 11.5 Å². The van der Waals surface area contributed by atoms with Gasteiger partial charge >= 0.3 is 0 Å². The Labute approximate surface area is 138 Å². The van der Waals surface area contributed by atoms with Crippen molar-refractivity contribution in [2.45, 2.75) is 17.7 Å². The van der Waals surface area contributed by atoms with Gasteiger partial charge in [0.2, 0.25) is 10.0 Å². The Morgan fingerprint density at radius 1 is 1.18 bits per heavy atom. The lowest BCUT2D eigenvalue weighted by atomic mass is 10.2. The van der Waals surface area contributed by atoms with E-state index in [4.69, 9.17) is 21.1 Å². The van der Waals surface area contributed by atoms with Gasteiger partial charge in [-0.05, 0) is 36.2 Å². The lowest BCUT2D eigenvalue weighted by Crippen LogP contribution is -2.22. The number of sulfonamides is 1. The third-order valence-electron chi connectivity index (χ3n) is 3.01. The van der Waals surface area contributed by atoms with E-state index in [1.165, 1.54) is 7.11 Å². The first kappa shape index (κ1) is 17.1. The SMILES string of the molecule is COc1ccc(CNS(=O)(=O)c2cc(C)c(Cl)s2)cc1OC. The molecule has 0 atom stereocenters. The number of nitrogens with one attached hydrogen (secondary N) is 1. The molecule has 1 N–H and O–H groups in total. The lowest BCUT2D eigenvalue weighted by Gasteiger charge is -2.10. The zero-order chi connectivity index (χ0) is 16.3. The number of ether oxygens (including phenoxy) is 2. The maximum atomic E-state index is 12.2. The summed E-state index contributed by atoms with van der Waals surface area (Å²) in [6, 6.07) is 6.79. The molecule has 22 heavy (non-hydrogen) atoms. The average molecular weight is 362 g/mol. The highest BCUT2D eigenvalue weighted by Crippen LogP contribution is 2.30. The molecular weight excluding hydrogens is 346 g/mol. The smallest absolute Gasteiger partial charge is 0.250 e. The van der Waals surface area contributed by atoms with Gasteiger partial charge in [0.25, 0.3) is 0 Å². The topological polar surface area (TPSA) is 64.6 Å². The van der Waals surface area contributed by atoms with Gasteiger partial charge in [0, 0.05) is 6.54 Å². The molecule has 1 aromatic heterocycles. The summed E-state index contributed by atoms with van der Waals surface area (Å²) >= 11 is 6.96. The minimum Gasteiger partial charge on any atom is -0.493 e. The maximum absolute atomic E-state index is 12.2. The van der Waals surface area contributed by atoms with Crippen LogP contribution in [0.2, 0.25) is 4.34 Å². The van der Waals surface area contributed by atoms with Gasteiger partial charge in [-0.3, -0.25) is 0 Å². The van der Waals surface area contributed by atoms with Gasteiger partial charge in [-0.25, -0.2) is 13.1 Å². The highest BCUT2D eigenvalue weighted by atomic mass is 35.5. The predicted octanol–water partition coefficient (Wildman–Crippen LogP) is 3.21. The highest BCUT2D eigenvalue weighted by molar-refractivity contribution is 7.91. The quantitative estimate of drug-likeness (QED) is 0.858. The molecule has 5 nitrogen and oxygen atoms in total.